The van der Waals surface area contributed by atoms with E-state index in [1.165, 1.54) is 0 Å². The molecule has 0 saturated carbocycles. The lowest BCUT2D eigenvalue weighted by Crippen LogP contribution is -2.39. The number of ether oxygens (including phenoxy) is 1. The van der Waals surface area contributed by atoms with E-state index < -0.39 is 0 Å². The molecule has 2 aliphatic rings. The van der Waals surface area contributed by atoms with Gasteiger partial charge in [-0.25, -0.2) is 9.97 Å². The molecule has 1 amide bonds. The summed E-state index contributed by atoms with van der Waals surface area (Å²) in [6.45, 7) is 11.2. The van der Waals surface area contributed by atoms with Gasteiger partial charge in [0.05, 0.1) is 24.9 Å². The molecular formula is C21H28N4O3. The van der Waals surface area contributed by atoms with Crippen LogP contribution in [-0.4, -0.2) is 42.2 Å². The van der Waals surface area contributed by atoms with Gasteiger partial charge in [-0.05, 0) is 38.2 Å². The van der Waals surface area contributed by atoms with Gasteiger partial charge in [0, 0.05) is 30.4 Å². The predicted octanol–water partition coefficient (Wildman–Crippen LogP) is 2.97. The van der Waals surface area contributed by atoms with E-state index in [-0.39, 0.29) is 17.4 Å². The number of carbonyl (C=O) groups excluding carboxylic acids is 1. The van der Waals surface area contributed by atoms with Crippen molar-refractivity contribution in [3.63, 3.8) is 0 Å². The van der Waals surface area contributed by atoms with Crippen molar-refractivity contribution >= 4 is 11.9 Å². The molecule has 1 aliphatic heterocycles. The van der Waals surface area contributed by atoms with Crippen LogP contribution in [0.25, 0.3) is 0 Å². The van der Waals surface area contributed by atoms with Crippen molar-refractivity contribution in [1.82, 2.24) is 15.3 Å². The SMILES string of the molecule is Cc1cc(C)c(C(=O)N[C@@H]2CC(C)(C)Cc3nc(N4CCOCC4)ncc32)o1. The van der Waals surface area contributed by atoms with Crippen LogP contribution in [0.2, 0.25) is 0 Å². The Morgan fingerprint density at radius 1 is 1.29 bits per heavy atom. The standard InChI is InChI=1S/C21H28N4O3/c1-13-9-14(2)28-18(13)19(26)23-16-10-21(3,4)11-17-15(16)12-22-20(24-17)25-5-7-27-8-6-25/h9,12,16H,5-8,10-11H2,1-4H3,(H,23,26)/t16-/m1/s1. The lowest BCUT2D eigenvalue weighted by molar-refractivity contribution is 0.0888. The molecule has 2 aromatic heterocycles. The summed E-state index contributed by atoms with van der Waals surface area (Å²) in [6, 6.07) is 1.75. The molecule has 28 heavy (non-hydrogen) atoms. The van der Waals surface area contributed by atoms with Gasteiger partial charge in [-0.3, -0.25) is 4.79 Å². The van der Waals surface area contributed by atoms with Gasteiger partial charge >= 0.3 is 0 Å². The van der Waals surface area contributed by atoms with E-state index in [9.17, 15) is 4.79 Å². The number of amides is 1. The molecule has 3 heterocycles. The predicted molar refractivity (Wildman–Crippen MR) is 106 cm³/mol. The Morgan fingerprint density at radius 3 is 2.71 bits per heavy atom. The Labute approximate surface area is 165 Å². The molecule has 4 rings (SSSR count). The van der Waals surface area contributed by atoms with Gasteiger partial charge < -0.3 is 19.4 Å². The van der Waals surface area contributed by atoms with Gasteiger partial charge in [0.25, 0.3) is 5.91 Å². The monoisotopic (exact) mass is 384 g/mol. The number of fused-ring (bicyclic) bond motifs is 1. The van der Waals surface area contributed by atoms with Crippen molar-refractivity contribution in [2.24, 2.45) is 5.41 Å². The van der Waals surface area contributed by atoms with E-state index in [0.717, 1.165) is 54.5 Å². The summed E-state index contributed by atoms with van der Waals surface area (Å²) in [6.07, 6.45) is 3.59. The number of hydrogen-bond donors (Lipinski definition) is 1. The second-order valence-electron chi connectivity index (χ2n) is 8.61. The largest absolute Gasteiger partial charge is 0.456 e. The van der Waals surface area contributed by atoms with Gasteiger partial charge in [0.2, 0.25) is 5.95 Å². The molecule has 0 bridgehead atoms. The van der Waals surface area contributed by atoms with Crippen molar-refractivity contribution in [3.8, 4) is 0 Å². The maximum Gasteiger partial charge on any atom is 0.287 e. The van der Waals surface area contributed by atoms with Gasteiger partial charge in [-0.15, -0.1) is 0 Å². The summed E-state index contributed by atoms with van der Waals surface area (Å²) in [5.41, 5.74) is 2.91. The van der Waals surface area contributed by atoms with Crippen molar-refractivity contribution < 1.29 is 13.9 Å². The summed E-state index contributed by atoms with van der Waals surface area (Å²) >= 11 is 0. The molecule has 7 nitrogen and oxygen atoms in total. The summed E-state index contributed by atoms with van der Waals surface area (Å²) in [5.74, 6) is 1.69. The van der Waals surface area contributed by atoms with Crippen LogP contribution >= 0.6 is 0 Å². The topological polar surface area (TPSA) is 80.5 Å². The number of nitrogens with one attached hydrogen (secondary N) is 1. The molecule has 0 radical (unpaired) electrons. The molecule has 7 heteroatoms. The Morgan fingerprint density at radius 2 is 2.04 bits per heavy atom. The van der Waals surface area contributed by atoms with E-state index >= 15 is 0 Å². The zero-order chi connectivity index (χ0) is 19.9. The lowest BCUT2D eigenvalue weighted by Gasteiger charge is -2.37. The van der Waals surface area contributed by atoms with Crippen molar-refractivity contribution in [1.29, 1.82) is 0 Å². The fraction of sp³-hybridized carbons (Fsp3) is 0.571. The van der Waals surface area contributed by atoms with Crippen LogP contribution in [-0.2, 0) is 11.2 Å². The molecular weight excluding hydrogens is 356 g/mol. The average Bonchev–Trinajstić information content (AvgIpc) is 2.99. The minimum Gasteiger partial charge on any atom is -0.456 e. The Hall–Kier alpha value is -2.41. The van der Waals surface area contributed by atoms with E-state index in [4.69, 9.17) is 14.1 Å². The number of morpholine rings is 1. The molecule has 0 spiro atoms. The highest BCUT2D eigenvalue weighted by atomic mass is 16.5. The molecule has 0 aromatic carbocycles. The summed E-state index contributed by atoms with van der Waals surface area (Å²) in [5, 5.41) is 3.15. The van der Waals surface area contributed by atoms with Crippen LogP contribution in [0.3, 0.4) is 0 Å². The Bertz CT molecular complexity index is 884. The smallest absolute Gasteiger partial charge is 0.287 e. The molecule has 2 aromatic rings. The molecule has 1 saturated heterocycles. The van der Waals surface area contributed by atoms with Crippen molar-refractivity contribution in [3.05, 3.63) is 40.6 Å². The molecule has 1 fully saturated rings. The first-order valence-electron chi connectivity index (χ1n) is 9.89. The lowest BCUT2D eigenvalue weighted by atomic mass is 9.74. The molecule has 1 N–H and O–H groups in total. The molecule has 150 valence electrons. The number of furan rings is 1. The minimum absolute atomic E-state index is 0.0374. The number of nitrogens with zero attached hydrogens (tertiary/aromatic N) is 3. The summed E-state index contributed by atoms with van der Waals surface area (Å²) in [4.78, 5) is 24.4. The van der Waals surface area contributed by atoms with Gasteiger partial charge in [0.15, 0.2) is 5.76 Å². The molecule has 1 aliphatic carbocycles. The van der Waals surface area contributed by atoms with Gasteiger partial charge in [-0.1, -0.05) is 13.8 Å². The maximum atomic E-state index is 12.8. The number of aryl methyl sites for hydroxylation is 2. The normalized spacial score (nSPS) is 21.3. The van der Waals surface area contributed by atoms with Crippen LogP contribution < -0.4 is 10.2 Å². The first-order chi connectivity index (χ1) is 13.3. The fourth-order valence-corrected chi connectivity index (χ4v) is 4.17. The second-order valence-corrected chi connectivity index (χ2v) is 8.61. The van der Waals surface area contributed by atoms with Gasteiger partial charge in [0.1, 0.15) is 5.76 Å². The highest BCUT2D eigenvalue weighted by Gasteiger charge is 2.35. The molecule has 1 atom stereocenters. The first kappa shape index (κ1) is 18.9. The number of hydrogen-bond acceptors (Lipinski definition) is 6. The van der Waals surface area contributed by atoms with Crippen LogP contribution in [0.15, 0.2) is 16.7 Å². The van der Waals surface area contributed by atoms with Crippen LogP contribution in [0.1, 0.15) is 59.4 Å². The zero-order valence-electron chi connectivity index (χ0n) is 17.0. The number of rotatable bonds is 3. The summed E-state index contributed by atoms with van der Waals surface area (Å²) < 4.78 is 11.0. The Balaban J connectivity index is 1.61. The minimum atomic E-state index is -0.184. The highest BCUT2D eigenvalue weighted by Crippen LogP contribution is 2.40. The quantitative estimate of drug-likeness (QED) is 0.876. The number of carbonyl (C=O) groups is 1. The number of anilines is 1. The zero-order valence-corrected chi connectivity index (χ0v) is 17.0. The van der Waals surface area contributed by atoms with E-state index in [0.29, 0.717) is 19.0 Å². The Kier molecular flexibility index (Phi) is 4.87. The third-order valence-electron chi connectivity index (χ3n) is 5.51. The number of aromatic nitrogens is 2. The van der Waals surface area contributed by atoms with Gasteiger partial charge in [-0.2, -0.15) is 0 Å². The van der Waals surface area contributed by atoms with Crippen molar-refractivity contribution in [2.75, 3.05) is 31.2 Å². The van der Waals surface area contributed by atoms with Crippen LogP contribution in [0.4, 0.5) is 5.95 Å². The second kappa shape index (κ2) is 7.20. The maximum absolute atomic E-state index is 12.8. The first-order valence-corrected chi connectivity index (χ1v) is 9.89. The van der Waals surface area contributed by atoms with E-state index in [1.807, 2.05) is 26.1 Å². The third kappa shape index (κ3) is 3.76. The third-order valence-corrected chi connectivity index (χ3v) is 5.51. The molecule has 0 unspecified atom stereocenters. The van der Waals surface area contributed by atoms with Crippen molar-refractivity contribution in [2.45, 2.75) is 46.6 Å². The van der Waals surface area contributed by atoms with Crippen LogP contribution in [0.5, 0.6) is 0 Å². The summed E-state index contributed by atoms with van der Waals surface area (Å²) in [7, 11) is 0. The fourth-order valence-electron chi connectivity index (χ4n) is 4.17. The van der Waals surface area contributed by atoms with E-state index in [2.05, 4.69) is 29.0 Å². The highest BCUT2D eigenvalue weighted by molar-refractivity contribution is 5.93. The van der Waals surface area contributed by atoms with E-state index in [1.54, 1.807) is 0 Å². The average molecular weight is 384 g/mol. The van der Waals surface area contributed by atoms with Crippen LogP contribution in [0, 0.1) is 19.3 Å².